The van der Waals surface area contributed by atoms with E-state index in [1.54, 1.807) is 37.3 Å². The summed E-state index contributed by atoms with van der Waals surface area (Å²) in [4.78, 5) is 23.7. The van der Waals surface area contributed by atoms with Crippen molar-refractivity contribution in [3.05, 3.63) is 35.9 Å². The summed E-state index contributed by atoms with van der Waals surface area (Å²) in [6, 6.07) is 8.56. The predicted molar refractivity (Wildman–Crippen MR) is 65.7 cm³/mol. The molecule has 0 aliphatic heterocycles. The van der Waals surface area contributed by atoms with Gasteiger partial charge in [-0.2, -0.15) is 0 Å². The fourth-order valence-corrected chi connectivity index (χ4v) is 1.90. The van der Waals surface area contributed by atoms with Crippen LogP contribution in [0.1, 0.15) is 12.5 Å². The normalized spacial score (nSPS) is 13.6. The Labute approximate surface area is 108 Å². The number of rotatable bonds is 4. The number of methoxy groups -OCH3 is 1. The number of ether oxygens (including phenoxy) is 2. The first-order chi connectivity index (χ1) is 8.07. The Hall–Kier alpha value is -1.36. The molecule has 1 rings (SSSR count). The lowest BCUT2D eigenvalue weighted by Crippen LogP contribution is -2.40. The molecule has 0 N–H and O–H groups in total. The van der Waals surface area contributed by atoms with E-state index >= 15 is 0 Å². The van der Waals surface area contributed by atoms with E-state index in [-0.39, 0.29) is 6.61 Å². The molecule has 0 saturated heterocycles. The molecular weight excluding hydrogens is 288 g/mol. The highest BCUT2D eigenvalue weighted by atomic mass is 79.9. The maximum atomic E-state index is 11.9. The highest BCUT2D eigenvalue weighted by Gasteiger charge is 2.48. The van der Waals surface area contributed by atoms with Crippen LogP contribution in [-0.4, -0.2) is 25.7 Å². The molecule has 0 bridgehead atoms. The molecule has 0 heterocycles. The molecule has 5 heteroatoms. The second-order valence-electron chi connectivity index (χ2n) is 3.24. The third-order valence-electron chi connectivity index (χ3n) is 2.19. The number of benzene rings is 1. The molecule has 0 aromatic heterocycles. The zero-order valence-electron chi connectivity index (χ0n) is 9.60. The van der Waals surface area contributed by atoms with Crippen molar-refractivity contribution in [3.8, 4) is 0 Å². The lowest BCUT2D eigenvalue weighted by Gasteiger charge is -2.22. The summed E-state index contributed by atoms with van der Waals surface area (Å²) in [5.41, 5.74) is 0.477. The van der Waals surface area contributed by atoms with Crippen molar-refractivity contribution in [2.24, 2.45) is 0 Å². The van der Waals surface area contributed by atoms with Gasteiger partial charge in [-0.3, -0.25) is 0 Å². The number of carbonyl (C=O) groups excluding carboxylic acids is 2. The van der Waals surface area contributed by atoms with Crippen LogP contribution in [0.15, 0.2) is 30.3 Å². The van der Waals surface area contributed by atoms with Crippen molar-refractivity contribution in [1.82, 2.24) is 0 Å². The molecule has 0 spiro atoms. The van der Waals surface area contributed by atoms with E-state index in [1.807, 2.05) is 0 Å². The molecule has 0 aliphatic carbocycles. The molecule has 92 valence electrons. The Morgan fingerprint density at radius 2 is 1.82 bits per heavy atom. The smallest absolute Gasteiger partial charge is 0.339 e. The first-order valence-corrected chi connectivity index (χ1v) is 5.86. The van der Waals surface area contributed by atoms with Crippen LogP contribution < -0.4 is 0 Å². The van der Waals surface area contributed by atoms with Crippen molar-refractivity contribution < 1.29 is 19.1 Å². The van der Waals surface area contributed by atoms with E-state index in [0.717, 1.165) is 0 Å². The average Bonchev–Trinajstić information content (AvgIpc) is 2.38. The highest BCUT2D eigenvalue weighted by molar-refractivity contribution is 9.10. The van der Waals surface area contributed by atoms with Crippen molar-refractivity contribution >= 4 is 27.9 Å². The third kappa shape index (κ3) is 2.66. The fourth-order valence-electron chi connectivity index (χ4n) is 1.36. The Kier molecular flexibility index (Phi) is 4.69. The van der Waals surface area contributed by atoms with Crippen LogP contribution in [0.2, 0.25) is 0 Å². The van der Waals surface area contributed by atoms with Gasteiger partial charge in [-0.05, 0) is 12.5 Å². The molecule has 1 unspecified atom stereocenters. The number of hydrogen-bond donors (Lipinski definition) is 0. The van der Waals surface area contributed by atoms with E-state index in [0.29, 0.717) is 5.56 Å². The molecule has 0 fully saturated rings. The van der Waals surface area contributed by atoms with E-state index in [4.69, 9.17) is 4.74 Å². The monoisotopic (exact) mass is 300 g/mol. The Balaban J connectivity index is 3.20. The topological polar surface area (TPSA) is 52.6 Å². The highest BCUT2D eigenvalue weighted by Crippen LogP contribution is 2.34. The molecule has 1 atom stereocenters. The standard InChI is InChI=1S/C12H13BrO4/c1-3-17-11(15)12(13,10(14)16-2)9-7-5-4-6-8-9/h4-8H,3H2,1-2H3. The summed E-state index contributed by atoms with van der Waals surface area (Å²) in [7, 11) is 1.22. The van der Waals surface area contributed by atoms with Crippen LogP contribution in [0.3, 0.4) is 0 Å². The van der Waals surface area contributed by atoms with Gasteiger partial charge in [0.1, 0.15) is 0 Å². The molecule has 0 aliphatic rings. The molecule has 17 heavy (non-hydrogen) atoms. The summed E-state index contributed by atoms with van der Waals surface area (Å²) in [5, 5.41) is 0. The third-order valence-corrected chi connectivity index (χ3v) is 3.30. The van der Waals surface area contributed by atoms with E-state index < -0.39 is 16.3 Å². The Bertz CT molecular complexity index is 404. The van der Waals surface area contributed by atoms with Gasteiger partial charge in [-0.15, -0.1) is 0 Å². The minimum absolute atomic E-state index is 0.190. The van der Waals surface area contributed by atoms with E-state index in [1.165, 1.54) is 7.11 Å². The number of alkyl halides is 1. The van der Waals surface area contributed by atoms with Crippen LogP contribution in [0.25, 0.3) is 0 Å². The van der Waals surface area contributed by atoms with Gasteiger partial charge in [0, 0.05) is 0 Å². The van der Waals surface area contributed by atoms with Gasteiger partial charge >= 0.3 is 11.9 Å². The van der Waals surface area contributed by atoms with E-state index in [2.05, 4.69) is 20.7 Å². The van der Waals surface area contributed by atoms with Gasteiger partial charge in [0.05, 0.1) is 13.7 Å². The maximum absolute atomic E-state index is 11.9. The largest absolute Gasteiger partial charge is 0.467 e. The number of esters is 2. The average molecular weight is 301 g/mol. The lowest BCUT2D eigenvalue weighted by molar-refractivity contribution is -0.157. The zero-order chi connectivity index (χ0) is 12.9. The lowest BCUT2D eigenvalue weighted by atomic mass is 9.99. The second-order valence-corrected chi connectivity index (χ2v) is 4.43. The van der Waals surface area contributed by atoms with Gasteiger partial charge in [-0.25, -0.2) is 9.59 Å². The van der Waals surface area contributed by atoms with Crippen molar-refractivity contribution in [2.75, 3.05) is 13.7 Å². The summed E-state index contributed by atoms with van der Waals surface area (Å²) in [6.07, 6.45) is 0. The summed E-state index contributed by atoms with van der Waals surface area (Å²) in [6.45, 7) is 1.86. The van der Waals surface area contributed by atoms with Crippen LogP contribution in [0, 0.1) is 0 Å². The maximum Gasteiger partial charge on any atom is 0.339 e. The van der Waals surface area contributed by atoms with Crippen LogP contribution >= 0.6 is 15.9 Å². The SMILES string of the molecule is CCOC(=O)C(Br)(C(=O)OC)c1ccccc1. The van der Waals surface area contributed by atoms with Crippen LogP contribution in [-0.2, 0) is 23.4 Å². The quantitative estimate of drug-likeness (QED) is 0.485. The van der Waals surface area contributed by atoms with Gasteiger partial charge in [0.2, 0.25) is 4.32 Å². The van der Waals surface area contributed by atoms with Gasteiger partial charge in [0.15, 0.2) is 0 Å². The van der Waals surface area contributed by atoms with Crippen LogP contribution in [0.5, 0.6) is 0 Å². The first-order valence-electron chi connectivity index (χ1n) is 5.07. The molecule has 1 aromatic rings. The Morgan fingerprint density at radius 1 is 1.24 bits per heavy atom. The number of hydrogen-bond acceptors (Lipinski definition) is 4. The molecule has 0 saturated carbocycles. The summed E-state index contributed by atoms with van der Waals surface area (Å²) >= 11 is 3.14. The van der Waals surface area contributed by atoms with Gasteiger partial charge in [-0.1, -0.05) is 46.3 Å². The molecule has 0 radical (unpaired) electrons. The Morgan fingerprint density at radius 3 is 2.29 bits per heavy atom. The summed E-state index contributed by atoms with van der Waals surface area (Å²) in [5.74, 6) is -1.39. The number of halogens is 1. The van der Waals surface area contributed by atoms with Crippen LogP contribution in [0.4, 0.5) is 0 Å². The predicted octanol–water partition coefficient (Wildman–Crippen LogP) is 2.01. The van der Waals surface area contributed by atoms with Gasteiger partial charge < -0.3 is 9.47 Å². The minimum Gasteiger partial charge on any atom is -0.467 e. The summed E-state index contributed by atoms with van der Waals surface area (Å²) < 4.78 is 7.95. The fraction of sp³-hybridized carbons (Fsp3) is 0.333. The van der Waals surface area contributed by atoms with Crippen molar-refractivity contribution in [1.29, 1.82) is 0 Å². The van der Waals surface area contributed by atoms with Crippen molar-refractivity contribution in [2.45, 2.75) is 11.2 Å². The number of carbonyl (C=O) groups is 2. The molecular formula is C12H13BrO4. The van der Waals surface area contributed by atoms with Gasteiger partial charge in [0.25, 0.3) is 0 Å². The molecule has 0 amide bonds. The zero-order valence-corrected chi connectivity index (χ0v) is 11.2. The van der Waals surface area contributed by atoms with E-state index in [9.17, 15) is 9.59 Å². The molecule has 4 nitrogen and oxygen atoms in total. The molecule has 1 aromatic carbocycles. The second kappa shape index (κ2) is 5.82. The first kappa shape index (κ1) is 13.7. The van der Waals surface area contributed by atoms with Crippen molar-refractivity contribution in [3.63, 3.8) is 0 Å². The minimum atomic E-state index is -1.60.